The molecule has 2 aromatic heterocycles. The number of carbonyl (C=O) groups is 1. The van der Waals surface area contributed by atoms with Crippen molar-refractivity contribution in [1.29, 1.82) is 0 Å². The first-order chi connectivity index (χ1) is 11.3. The van der Waals surface area contributed by atoms with Gasteiger partial charge >= 0.3 is 0 Å². The molecule has 0 N–H and O–H groups in total. The molecule has 0 aliphatic carbocycles. The van der Waals surface area contributed by atoms with Gasteiger partial charge in [-0.2, -0.15) is 5.10 Å². The zero-order valence-corrected chi connectivity index (χ0v) is 13.4. The standard InChI is InChI=1S/C17H23N5O/c23-12-14-10-16(17-18-13-19-22(17)11-14)21-8-4-15(5-9-21)20-6-2-1-3-7-20/h10-13,15H,1-9H2. The Kier molecular flexibility index (Phi) is 3.99. The Morgan fingerprint density at radius 2 is 1.87 bits per heavy atom. The second kappa shape index (κ2) is 6.28. The largest absolute Gasteiger partial charge is 0.368 e. The van der Waals surface area contributed by atoms with Gasteiger partial charge in [-0.3, -0.25) is 4.79 Å². The fraction of sp³-hybridized carbons (Fsp3) is 0.588. The predicted octanol–water partition coefficient (Wildman–Crippen LogP) is 2.00. The molecule has 0 atom stereocenters. The van der Waals surface area contributed by atoms with E-state index in [0.717, 1.165) is 36.8 Å². The Morgan fingerprint density at radius 1 is 1.09 bits per heavy atom. The van der Waals surface area contributed by atoms with Crippen molar-refractivity contribution in [3.63, 3.8) is 0 Å². The molecular formula is C17H23N5O. The molecular weight excluding hydrogens is 290 g/mol. The van der Waals surface area contributed by atoms with Gasteiger partial charge in [0, 0.05) is 30.9 Å². The highest BCUT2D eigenvalue weighted by Crippen LogP contribution is 2.27. The van der Waals surface area contributed by atoms with Crippen LogP contribution in [0, 0.1) is 0 Å². The van der Waals surface area contributed by atoms with Gasteiger partial charge in [0.1, 0.15) is 6.33 Å². The number of aromatic nitrogens is 3. The van der Waals surface area contributed by atoms with Crippen LogP contribution >= 0.6 is 0 Å². The van der Waals surface area contributed by atoms with E-state index in [1.165, 1.54) is 45.2 Å². The summed E-state index contributed by atoms with van der Waals surface area (Å²) >= 11 is 0. The van der Waals surface area contributed by atoms with Crippen molar-refractivity contribution in [2.24, 2.45) is 0 Å². The highest BCUT2D eigenvalue weighted by atomic mass is 16.1. The summed E-state index contributed by atoms with van der Waals surface area (Å²) in [6.07, 6.45) is 10.6. The highest BCUT2D eigenvalue weighted by molar-refractivity contribution is 5.81. The summed E-state index contributed by atoms with van der Waals surface area (Å²) in [5.41, 5.74) is 2.52. The average molecular weight is 313 g/mol. The normalized spacial score (nSPS) is 21.0. The van der Waals surface area contributed by atoms with Crippen LogP contribution in [0.1, 0.15) is 42.5 Å². The highest BCUT2D eigenvalue weighted by Gasteiger charge is 2.26. The summed E-state index contributed by atoms with van der Waals surface area (Å²) < 4.78 is 1.70. The first-order valence-corrected chi connectivity index (χ1v) is 8.63. The SMILES string of the molecule is O=Cc1cc(N2CCC(N3CCCCC3)CC2)c2ncnn2c1. The topological polar surface area (TPSA) is 53.7 Å². The van der Waals surface area contributed by atoms with E-state index in [-0.39, 0.29) is 0 Å². The van der Waals surface area contributed by atoms with Crippen molar-refractivity contribution in [2.45, 2.75) is 38.1 Å². The fourth-order valence-corrected chi connectivity index (χ4v) is 3.98. The van der Waals surface area contributed by atoms with Crippen molar-refractivity contribution in [3.8, 4) is 0 Å². The number of rotatable bonds is 3. The predicted molar refractivity (Wildman–Crippen MR) is 89.0 cm³/mol. The van der Waals surface area contributed by atoms with Gasteiger partial charge < -0.3 is 9.80 Å². The zero-order valence-electron chi connectivity index (χ0n) is 13.4. The summed E-state index contributed by atoms with van der Waals surface area (Å²) in [6.45, 7) is 4.57. The molecule has 2 aromatic rings. The lowest BCUT2D eigenvalue weighted by Gasteiger charge is -2.41. The van der Waals surface area contributed by atoms with E-state index in [0.29, 0.717) is 5.56 Å². The van der Waals surface area contributed by atoms with Crippen LogP contribution in [0.5, 0.6) is 0 Å². The van der Waals surface area contributed by atoms with Crippen molar-refractivity contribution < 1.29 is 4.79 Å². The number of piperidine rings is 2. The van der Waals surface area contributed by atoms with Gasteiger partial charge in [0.05, 0.1) is 5.69 Å². The van der Waals surface area contributed by atoms with Gasteiger partial charge in [0.25, 0.3) is 0 Å². The van der Waals surface area contributed by atoms with Crippen LogP contribution in [0.4, 0.5) is 5.69 Å². The number of hydrogen-bond donors (Lipinski definition) is 0. The molecule has 6 nitrogen and oxygen atoms in total. The maximum absolute atomic E-state index is 11.2. The third kappa shape index (κ3) is 2.83. The van der Waals surface area contributed by atoms with Crippen LogP contribution in [0.25, 0.3) is 5.65 Å². The van der Waals surface area contributed by atoms with E-state index in [4.69, 9.17) is 0 Å². The molecule has 122 valence electrons. The Morgan fingerprint density at radius 3 is 2.61 bits per heavy atom. The number of aldehydes is 1. The molecule has 0 bridgehead atoms. The second-order valence-corrected chi connectivity index (χ2v) is 6.62. The van der Waals surface area contributed by atoms with Crippen LogP contribution in [0.3, 0.4) is 0 Å². The molecule has 0 saturated carbocycles. The minimum Gasteiger partial charge on any atom is -0.368 e. The van der Waals surface area contributed by atoms with Crippen LogP contribution in [0.15, 0.2) is 18.6 Å². The Hall–Kier alpha value is -1.95. The summed E-state index contributed by atoms with van der Waals surface area (Å²) in [4.78, 5) is 20.6. The lowest BCUT2D eigenvalue weighted by molar-refractivity contribution is 0.112. The second-order valence-electron chi connectivity index (χ2n) is 6.62. The molecule has 4 rings (SSSR count). The molecule has 2 fully saturated rings. The Balaban J connectivity index is 1.51. The van der Waals surface area contributed by atoms with Crippen LogP contribution < -0.4 is 4.90 Å². The quantitative estimate of drug-likeness (QED) is 0.811. The molecule has 0 spiro atoms. The van der Waals surface area contributed by atoms with Crippen molar-refractivity contribution in [2.75, 3.05) is 31.1 Å². The molecule has 6 heteroatoms. The molecule has 0 radical (unpaired) electrons. The van der Waals surface area contributed by atoms with E-state index >= 15 is 0 Å². The van der Waals surface area contributed by atoms with Gasteiger partial charge in [-0.1, -0.05) is 6.42 Å². The number of fused-ring (bicyclic) bond motifs is 1. The van der Waals surface area contributed by atoms with Crippen LogP contribution in [-0.4, -0.2) is 58.0 Å². The Bertz CT molecular complexity index is 683. The average Bonchev–Trinajstić information content (AvgIpc) is 3.10. The van der Waals surface area contributed by atoms with E-state index in [2.05, 4.69) is 19.9 Å². The lowest BCUT2D eigenvalue weighted by atomic mass is 9.99. The van der Waals surface area contributed by atoms with E-state index in [9.17, 15) is 4.79 Å². The van der Waals surface area contributed by atoms with Gasteiger partial charge in [0.2, 0.25) is 0 Å². The number of nitrogens with zero attached hydrogens (tertiary/aromatic N) is 5. The third-order valence-electron chi connectivity index (χ3n) is 5.23. The summed E-state index contributed by atoms with van der Waals surface area (Å²) in [5, 5.41) is 4.18. The smallest absolute Gasteiger partial charge is 0.178 e. The van der Waals surface area contributed by atoms with Crippen LogP contribution in [-0.2, 0) is 0 Å². The van der Waals surface area contributed by atoms with E-state index in [1.807, 2.05) is 6.07 Å². The summed E-state index contributed by atoms with van der Waals surface area (Å²) in [6, 6.07) is 2.66. The van der Waals surface area contributed by atoms with Gasteiger partial charge in [0.15, 0.2) is 11.9 Å². The molecule has 2 aliphatic rings. The maximum Gasteiger partial charge on any atom is 0.178 e. The molecule has 0 amide bonds. The maximum atomic E-state index is 11.2. The van der Waals surface area contributed by atoms with Gasteiger partial charge in [-0.05, 0) is 44.8 Å². The lowest BCUT2D eigenvalue weighted by Crippen LogP contribution is -2.46. The van der Waals surface area contributed by atoms with E-state index in [1.54, 1.807) is 17.0 Å². The van der Waals surface area contributed by atoms with Crippen molar-refractivity contribution in [1.82, 2.24) is 19.5 Å². The molecule has 2 aliphatic heterocycles. The number of hydrogen-bond acceptors (Lipinski definition) is 5. The first kappa shape index (κ1) is 14.6. The van der Waals surface area contributed by atoms with Crippen molar-refractivity contribution >= 4 is 17.6 Å². The monoisotopic (exact) mass is 313 g/mol. The van der Waals surface area contributed by atoms with Gasteiger partial charge in [-0.25, -0.2) is 9.50 Å². The Labute approximate surface area is 136 Å². The summed E-state index contributed by atoms with van der Waals surface area (Å²) in [5.74, 6) is 0. The minimum absolute atomic E-state index is 0.649. The number of pyridine rings is 1. The number of likely N-dealkylation sites (tertiary alicyclic amines) is 1. The molecule has 23 heavy (non-hydrogen) atoms. The summed E-state index contributed by atoms with van der Waals surface area (Å²) in [7, 11) is 0. The first-order valence-electron chi connectivity index (χ1n) is 8.63. The molecule has 0 unspecified atom stereocenters. The molecule has 0 aromatic carbocycles. The van der Waals surface area contributed by atoms with Crippen molar-refractivity contribution in [3.05, 3.63) is 24.2 Å². The minimum atomic E-state index is 0.649. The molecule has 4 heterocycles. The van der Waals surface area contributed by atoms with Gasteiger partial charge in [-0.15, -0.1) is 0 Å². The zero-order chi connectivity index (χ0) is 15.6. The fourth-order valence-electron chi connectivity index (χ4n) is 3.98. The van der Waals surface area contributed by atoms with E-state index < -0.39 is 0 Å². The number of carbonyl (C=O) groups excluding carboxylic acids is 1. The van der Waals surface area contributed by atoms with Crippen LogP contribution in [0.2, 0.25) is 0 Å². The number of anilines is 1. The molecule has 2 saturated heterocycles. The third-order valence-corrected chi connectivity index (χ3v) is 5.23.